The molecule has 0 spiro atoms. The Morgan fingerprint density at radius 2 is 1.96 bits per heavy atom. The normalized spacial score (nSPS) is 13.3. The van der Waals surface area contributed by atoms with Gasteiger partial charge in [-0.3, -0.25) is 0 Å². The number of esters is 1. The Morgan fingerprint density at radius 1 is 1.15 bits per heavy atom. The molecule has 0 saturated carbocycles. The van der Waals surface area contributed by atoms with E-state index in [1.165, 1.54) is 11.3 Å². The van der Waals surface area contributed by atoms with E-state index in [2.05, 4.69) is 4.98 Å². The number of hydrogen-bond acceptors (Lipinski definition) is 6. The van der Waals surface area contributed by atoms with E-state index in [1.807, 2.05) is 55.5 Å². The summed E-state index contributed by atoms with van der Waals surface area (Å²) in [5.74, 6) is 0.352. The first kappa shape index (κ1) is 18.4. The fraction of sp³-hybridized carbons (Fsp3) is 0.300. The predicted octanol–water partition coefficient (Wildman–Crippen LogP) is 4.51. The minimum Gasteiger partial charge on any atom is -0.497 e. The third kappa shape index (κ3) is 4.39. The summed E-state index contributed by atoms with van der Waals surface area (Å²) in [5, 5.41) is 0.777. The van der Waals surface area contributed by atoms with Gasteiger partial charge in [-0.15, -0.1) is 11.3 Å². The lowest BCUT2D eigenvalue weighted by molar-refractivity contribution is -0.161. The van der Waals surface area contributed by atoms with Crippen molar-refractivity contribution in [3.63, 3.8) is 0 Å². The SMILES string of the molecule is COc1cccc(COC(C)C(=O)OC(C)c2nc3ccccc3s2)c1. The molecule has 1 heterocycles. The molecule has 26 heavy (non-hydrogen) atoms. The maximum atomic E-state index is 12.3. The van der Waals surface area contributed by atoms with Crippen molar-refractivity contribution in [2.24, 2.45) is 0 Å². The molecule has 2 aromatic carbocycles. The molecule has 0 aliphatic rings. The third-order valence-electron chi connectivity index (χ3n) is 3.92. The van der Waals surface area contributed by atoms with Crippen LogP contribution in [-0.2, 0) is 20.9 Å². The van der Waals surface area contributed by atoms with Gasteiger partial charge in [0.1, 0.15) is 10.8 Å². The molecule has 0 radical (unpaired) electrons. The van der Waals surface area contributed by atoms with Gasteiger partial charge in [0.15, 0.2) is 12.2 Å². The Hall–Kier alpha value is -2.44. The molecule has 1 aromatic heterocycles. The van der Waals surface area contributed by atoms with Gasteiger partial charge in [-0.05, 0) is 43.7 Å². The number of nitrogens with zero attached hydrogens (tertiary/aromatic N) is 1. The molecule has 0 fully saturated rings. The van der Waals surface area contributed by atoms with Crippen molar-refractivity contribution in [3.8, 4) is 5.75 Å². The first-order chi connectivity index (χ1) is 12.6. The van der Waals surface area contributed by atoms with Crippen molar-refractivity contribution < 1.29 is 19.0 Å². The molecule has 0 amide bonds. The lowest BCUT2D eigenvalue weighted by Gasteiger charge is -2.16. The molecule has 0 saturated heterocycles. The molecular weight excluding hydrogens is 350 g/mol. The van der Waals surface area contributed by atoms with Crippen LogP contribution in [0.25, 0.3) is 10.2 Å². The zero-order valence-corrected chi connectivity index (χ0v) is 15.8. The highest BCUT2D eigenvalue weighted by Crippen LogP contribution is 2.28. The van der Waals surface area contributed by atoms with Crippen LogP contribution in [0, 0.1) is 0 Å². The van der Waals surface area contributed by atoms with Crippen molar-refractivity contribution >= 4 is 27.5 Å². The number of hydrogen-bond donors (Lipinski definition) is 0. The lowest BCUT2D eigenvalue weighted by Crippen LogP contribution is -2.24. The standard InChI is InChI=1S/C20H21NO4S/c1-13(19-21-17-9-4-5-10-18(17)26-19)25-20(22)14(2)24-12-15-7-6-8-16(11-15)23-3/h4-11,13-14H,12H2,1-3H3. The number of para-hydroxylation sites is 1. The van der Waals surface area contributed by atoms with Crippen molar-refractivity contribution in [1.82, 2.24) is 4.98 Å². The number of benzene rings is 2. The molecule has 0 N–H and O–H groups in total. The number of carbonyl (C=O) groups excluding carboxylic acids is 1. The van der Waals surface area contributed by atoms with Crippen LogP contribution in [0.5, 0.6) is 5.75 Å². The average molecular weight is 371 g/mol. The van der Waals surface area contributed by atoms with Gasteiger partial charge in [-0.25, -0.2) is 9.78 Å². The molecule has 2 atom stereocenters. The Bertz CT molecular complexity index is 859. The summed E-state index contributed by atoms with van der Waals surface area (Å²) >= 11 is 1.53. The molecule has 136 valence electrons. The largest absolute Gasteiger partial charge is 0.497 e. The Balaban J connectivity index is 1.56. The zero-order valence-electron chi connectivity index (χ0n) is 15.0. The minimum absolute atomic E-state index is 0.309. The summed E-state index contributed by atoms with van der Waals surface area (Å²) in [5.41, 5.74) is 1.85. The van der Waals surface area contributed by atoms with Crippen LogP contribution in [0.3, 0.4) is 0 Å². The van der Waals surface area contributed by atoms with E-state index in [-0.39, 0.29) is 0 Å². The molecule has 5 nitrogen and oxygen atoms in total. The van der Waals surface area contributed by atoms with Crippen molar-refractivity contribution in [2.45, 2.75) is 32.7 Å². The summed E-state index contributed by atoms with van der Waals surface area (Å²) in [6, 6.07) is 15.4. The van der Waals surface area contributed by atoms with Gasteiger partial charge in [-0.2, -0.15) is 0 Å². The van der Waals surface area contributed by atoms with Gasteiger partial charge >= 0.3 is 5.97 Å². The van der Waals surface area contributed by atoms with Crippen LogP contribution in [0.15, 0.2) is 48.5 Å². The number of fused-ring (bicyclic) bond motifs is 1. The number of rotatable bonds is 7. The van der Waals surface area contributed by atoms with Gasteiger partial charge in [0, 0.05) is 0 Å². The summed E-state index contributed by atoms with van der Waals surface area (Å²) in [7, 11) is 1.61. The summed E-state index contributed by atoms with van der Waals surface area (Å²) in [6.45, 7) is 3.82. The van der Waals surface area contributed by atoms with E-state index in [9.17, 15) is 4.79 Å². The van der Waals surface area contributed by atoms with E-state index in [0.29, 0.717) is 6.61 Å². The predicted molar refractivity (Wildman–Crippen MR) is 101 cm³/mol. The summed E-state index contributed by atoms with van der Waals surface area (Å²) < 4.78 is 17.4. The monoisotopic (exact) mass is 371 g/mol. The van der Waals surface area contributed by atoms with Crippen molar-refractivity contribution in [2.75, 3.05) is 7.11 Å². The zero-order chi connectivity index (χ0) is 18.5. The number of thiazole rings is 1. The Kier molecular flexibility index (Phi) is 5.85. The first-order valence-electron chi connectivity index (χ1n) is 8.37. The number of methoxy groups -OCH3 is 1. The smallest absolute Gasteiger partial charge is 0.335 e. The van der Waals surface area contributed by atoms with Crippen LogP contribution < -0.4 is 4.74 Å². The second-order valence-electron chi connectivity index (χ2n) is 5.90. The third-order valence-corrected chi connectivity index (χ3v) is 5.11. The second-order valence-corrected chi connectivity index (χ2v) is 6.97. The van der Waals surface area contributed by atoms with E-state index in [0.717, 1.165) is 26.5 Å². The fourth-order valence-electron chi connectivity index (χ4n) is 2.44. The summed E-state index contributed by atoms with van der Waals surface area (Å²) in [4.78, 5) is 16.8. The topological polar surface area (TPSA) is 57.7 Å². The molecule has 3 rings (SSSR count). The molecule has 0 aliphatic heterocycles. The molecule has 2 unspecified atom stereocenters. The van der Waals surface area contributed by atoms with Crippen LogP contribution in [0.1, 0.15) is 30.5 Å². The quantitative estimate of drug-likeness (QED) is 0.572. The van der Waals surface area contributed by atoms with Crippen LogP contribution in [0.2, 0.25) is 0 Å². The number of carbonyl (C=O) groups is 1. The van der Waals surface area contributed by atoms with Crippen LogP contribution >= 0.6 is 11.3 Å². The second kappa shape index (κ2) is 8.29. The fourth-order valence-corrected chi connectivity index (χ4v) is 3.38. The maximum absolute atomic E-state index is 12.3. The van der Waals surface area contributed by atoms with Gasteiger partial charge in [0.25, 0.3) is 0 Å². The van der Waals surface area contributed by atoms with E-state index in [4.69, 9.17) is 14.2 Å². The van der Waals surface area contributed by atoms with Crippen molar-refractivity contribution in [3.05, 3.63) is 59.1 Å². The molecule has 0 bridgehead atoms. The highest BCUT2D eigenvalue weighted by Gasteiger charge is 2.21. The van der Waals surface area contributed by atoms with Gasteiger partial charge in [0.05, 0.1) is 23.9 Å². The number of ether oxygens (including phenoxy) is 3. The van der Waals surface area contributed by atoms with Crippen molar-refractivity contribution in [1.29, 1.82) is 0 Å². The lowest BCUT2D eigenvalue weighted by atomic mass is 10.2. The van der Waals surface area contributed by atoms with E-state index in [1.54, 1.807) is 14.0 Å². The van der Waals surface area contributed by atoms with E-state index >= 15 is 0 Å². The Labute approximate surface area is 156 Å². The highest BCUT2D eigenvalue weighted by atomic mass is 32.1. The molecule has 3 aromatic rings. The first-order valence-corrected chi connectivity index (χ1v) is 9.19. The maximum Gasteiger partial charge on any atom is 0.335 e. The van der Waals surface area contributed by atoms with Crippen LogP contribution in [0.4, 0.5) is 0 Å². The highest BCUT2D eigenvalue weighted by molar-refractivity contribution is 7.18. The van der Waals surface area contributed by atoms with Gasteiger partial charge in [-0.1, -0.05) is 24.3 Å². The molecular formula is C20H21NO4S. The van der Waals surface area contributed by atoms with E-state index < -0.39 is 18.2 Å². The molecule has 0 aliphatic carbocycles. The molecule has 6 heteroatoms. The van der Waals surface area contributed by atoms with Gasteiger partial charge < -0.3 is 14.2 Å². The van der Waals surface area contributed by atoms with Crippen LogP contribution in [-0.4, -0.2) is 24.2 Å². The van der Waals surface area contributed by atoms with Gasteiger partial charge in [0.2, 0.25) is 0 Å². The average Bonchev–Trinajstić information content (AvgIpc) is 3.10. The number of aromatic nitrogens is 1. The summed E-state index contributed by atoms with van der Waals surface area (Å²) in [6.07, 6.45) is -1.08. The minimum atomic E-state index is -0.668. The Morgan fingerprint density at radius 3 is 2.73 bits per heavy atom.